The van der Waals surface area contributed by atoms with Crippen LogP contribution < -0.4 is 9.47 Å². The highest BCUT2D eigenvalue weighted by Crippen LogP contribution is 2.52. The minimum absolute atomic E-state index is 0.201. The maximum absolute atomic E-state index is 13.9. The first-order valence-electron chi connectivity index (χ1n) is 25.6. The van der Waals surface area contributed by atoms with Crippen molar-refractivity contribution in [3.63, 3.8) is 0 Å². The summed E-state index contributed by atoms with van der Waals surface area (Å²) in [5.41, 5.74) is 9.46. The Bertz CT molecular complexity index is 3880. The van der Waals surface area contributed by atoms with E-state index in [9.17, 15) is 19.8 Å². The lowest BCUT2D eigenvalue weighted by atomic mass is 9.83. The molecule has 0 bridgehead atoms. The van der Waals surface area contributed by atoms with Gasteiger partial charge in [0.1, 0.15) is 11.5 Å². The largest absolute Gasteiger partial charge is 0.492 e. The zero-order valence-corrected chi connectivity index (χ0v) is 41.4. The van der Waals surface area contributed by atoms with Crippen LogP contribution >= 0.6 is 0 Å². The van der Waals surface area contributed by atoms with Crippen LogP contribution in [0.5, 0.6) is 11.5 Å². The Labute approximate surface area is 440 Å². The third-order valence-electron chi connectivity index (χ3n) is 14.4. The number of fused-ring (bicyclic) bond motifs is 4. The van der Waals surface area contributed by atoms with Gasteiger partial charge in [-0.15, -0.1) is 0 Å². The van der Waals surface area contributed by atoms with Crippen molar-refractivity contribution in [3.8, 4) is 78.3 Å². The average Bonchev–Trinajstić information content (AvgIpc) is 3.58. The lowest BCUT2D eigenvalue weighted by molar-refractivity contribution is 0.0687. The summed E-state index contributed by atoms with van der Waals surface area (Å²) in [6.45, 7) is 0.576. The Kier molecular flexibility index (Phi) is 12.8. The fraction of sp³-hybridized carbons (Fsp3) is 0.0571. The number of aromatic carboxylic acids is 2. The van der Waals surface area contributed by atoms with Gasteiger partial charge in [0.05, 0.1) is 24.3 Å². The van der Waals surface area contributed by atoms with Crippen LogP contribution in [0.3, 0.4) is 0 Å². The summed E-state index contributed by atoms with van der Waals surface area (Å²) < 4.78 is 14.3. The van der Waals surface area contributed by atoms with E-state index in [1.807, 2.05) is 182 Å². The van der Waals surface area contributed by atoms with E-state index < -0.39 is 11.9 Å². The molecule has 0 aliphatic rings. The third-order valence-corrected chi connectivity index (χ3v) is 14.4. The van der Waals surface area contributed by atoms with Crippen molar-refractivity contribution in [1.29, 1.82) is 0 Å². The van der Waals surface area contributed by atoms with Gasteiger partial charge in [0.25, 0.3) is 0 Å². The average molecular weight is 987 g/mol. The molecule has 12 rings (SSSR count). The van der Waals surface area contributed by atoms with E-state index in [0.717, 1.165) is 76.5 Å². The summed E-state index contributed by atoms with van der Waals surface area (Å²) in [5, 5.41) is 29.8. The molecule has 0 amide bonds. The van der Waals surface area contributed by atoms with Crippen molar-refractivity contribution in [2.24, 2.45) is 0 Å². The van der Waals surface area contributed by atoms with E-state index in [4.69, 9.17) is 9.47 Å². The van der Waals surface area contributed by atoms with Crippen molar-refractivity contribution < 1.29 is 29.3 Å². The van der Waals surface area contributed by atoms with Crippen molar-refractivity contribution in [2.75, 3.05) is 13.2 Å². The molecular formula is C70H50O6. The highest BCUT2D eigenvalue weighted by atomic mass is 16.5. The molecule has 76 heavy (non-hydrogen) atoms. The Hall–Kier alpha value is -9.78. The first-order chi connectivity index (χ1) is 37.4. The molecule has 0 aliphatic heterocycles. The van der Waals surface area contributed by atoms with Crippen molar-refractivity contribution in [2.45, 2.75) is 12.8 Å². The SMILES string of the molecule is O=C(O)c1c(-c2ccccc2)cc2ccccc2c1-c1c(OCCCCOc2c(-c3ccccc3)cc3ccccc3c2-c2c(C(=O)O)c(-c3ccccc3)cc3ccccc23)c(-c2ccccc2)cc2ccccc12. The van der Waals surface area contributed by atoms with E-state index in [1.165, 1.54) is 0 Å². The molecule has 2 N–H and O–H groups in total. The molecule has 0 aromatic heterocycles. The number of hydrogen-bond donors (Lipinski definition) is 2. The van der Waals surface area contributed by atoms with Crippen LogP contribution in [0.15, 0.2) is 243 Å². The summed E-state index contributed by atoms with van der Waals surface area (Å²) in [6.07, 6.45) is 1.15. The van der Waals surface area contributed by atoms with Gasteiger partial charge < -0.3 is 19.7 Å². The van der Waals surface area contributed by atoms with Crippen molar-refractivity contribution >= 4 is 55.0 Å². The molecule has 0 heterocycles. The van der Waals surface area contributed by atoms with Crippen LogP contribution in [-0.4, -0.2) is 35.4 Å². The van der Waals surface area contributed by atoms with E-state index >= 15 is 0 Å². The number of carbonyl (C=O) groups is 2. The highest BCUT2D eigenvalue weighted by molar-refractivity contribution is 6.20. The number of carboxylic acids is 2. The molecular weight excluding hydrogens is 937 g/mol. The second kappa shape index (κ2) is 20.6. The molecule has 0 radical (unpaired) electrons. The molecule has 0 spiro atoms. The third kappa shape index (κ3) is 8.76. The molecule has 6 nitrogen and oxygen atoms in total. The van der Waals surface area contributed by atoms with Gasteiger partial charge in [-0.25, -0.2) is 9.59 Å². The van der Waals surface area contributed by atoms with E-state index in [0.29, 0.717) is 57.7 Å². The maximum atomic E-state index is 13.9. The molecule has 6 heteroatoms. The van der Waals surface area contributed by atoms with Crippen LogP contribution in [0.1, 0.15) is 33.6 Å². The number of benzene rings is 12. The molecule has 0 aliphatic carbocycles. The summed E-state index contributed by atoms with van der Waals surface area (Å²) >= 11 is 0. The molecule has 0 saturated heterocycles. The quantitative estimate of drug-likeness (QED) is 0.0994. The summed E-state index contributed by atoms with van der Waals surface area (Å²) in [7, 11) is 0. The molecule has 0 unspecified atom stereocenters. The number of rotatable bonds is 15. The van der Waals surface area contributed by atoms with E-state index in [2.05, 4.69) is 60.7 Å². The molecule has 0 saturated carbocycles. The standard InChI is InChI=1S/C70H50O6/c71-69(72)65-57(45-23-5-1-6-24-45)41-49-31-13-17-35-53(49)61(65)63-55-37-19-15-33-51(55)43-59(47-27-9-3-10-28-47)67(63)75-39-21-22-40-76-68-60(48-29-11-4-12-30-48)44-52-34-16-20-38-56(52)64(68)62-54-36-18-14-32-50(54)42-58(66(62)70(73)74)46-25-7-2-8-26-46/h1-20,23-38,41-44H,21-22,39-40H2,(H,71,72)(H,73,74). The van der Waals surface area contributed by atoms with Crippen LogP contribution in [-0.2, 0) is 0 Å². The minimum atomic E-state index is -1.03. The van der Waals surface area contributed by atoms with Gasteiger partial charge in [0.2, 0.25) is 0 Å². The summed E-state index contributed by atoms with van der Waals surface area (Å²) in [6, 6.07) is 80.1. The van der Waals surface area contributed by atoms with Gasteiger partial charge in [-0.1, -0.05) is 218 Å². The number of unbranched alkanes of at least 4 members (excludes halogenated alkanes) is 1. The number of hydrogen-bond acceptors (Lipinski definition) is 4. The van der Waals surface area contributed by atoms with Gasteiger partial charge in [0.15, 0.2) is 0 Å². The Morgan fingerprint density at radius 2 is 0.553 bits per heavy atom. The van der Waals surface area contributed by atoms with Gasteiger partial charge in [-0.3, -0.25) is 0 Å². The van der Waals surface area contributed by atoms with Gasteiger partial charge >= 0.3 is 11.9 Å². The van der Waals surface area contributed by atoms with Crippen molar-refractivity contribution in [3.05, 3.63) is 254 Å². The fourth-order valence-electron chi connectivity index (χ4n) is 11.0. The topological polar surface area (TPSA) is 93.1 Å². The smallest absolute Gasteiger partial charge is 0.336 e. The normalized spacial score (nSPS) is 11.3. The monoisotopic (exact) mass is 986 g/mol. The Morgan fingerprint density at radius 1 is 0.303 bits per heavy atom. The van der Waals surface area contributed by atoms with Crippen molar-refractivity contribution in [1.82, 2.24) is 0 Å². The lowest BCUT2D eigenvalue weighted by Crippen LogP contribution is -2.09. The minimum Gasteiger partial charge on any atom is -0.492 e. The molecule has 0 atom stereocenters. The lowest BCUT2D eigenvalue weighted by Gasteiger charge is -2.24. The number of ether oxygens (including phenoxy) is 2. The van der Waals surface area contributed by atoms with Gasteiger partial charge in [-0.2, -0.15) is 0 Å². The predicted octanol–water partition coefficient (Wildman–Crippen LogP) is 17.9. The maximum Gasteiger partial charge on any atom is 0.336 e. The van der Waals surface area contributed by atoms with E-state index in [-0.39, 0.29) is 24.3 Å². The summed E-state index contributed by atoms with van der Waals surface area (Å²) in [4.78, 5) is 27.8. The highest BCUT2D eigenvalue weighted by Gasteiger charge is 2.29. The first kappa shape index (κ1) is 47.2. The molecule has 366 valence electrons. The first-order valence-corrected chi connectivity index (χ1v) is 25.6. The van der Waals surface area contributed by atoms with E-state index in [1.54, 1.807) is 0 Å². The van der Waals surface area contributed by atoms with Crippen LogP contribution in [0.4, 0.5) is 0 Å². The molecule has 0 fully saturated rings. The van der Waals surface area contributed by atoms with Gasteiger partial charge in [0, 0.05) is 33.4 Å². The fourth-order valence-corrected chi connectivity index (χ4v) is 11.0. The van der Waals surface area contributed by atoms with Crippen LogP contribution in [0.2, 0.25) is 0 Å². The molecule has 12 aromatic rings. The van der Waals surface area contributed by atoms with Crippen LogP contribution in [0.25, 0.3) is 110 Å². The van der Waals surface area contributed by atoms with Crippen LogP contribution in [0, 0.1) is 0 Å². The Balaban J connectivity index is 0.976. The zero-order valence-electron chi connectivity index (χ0n) is 41.4. The Morgan fingerprint density at radius 3 is 0.855 bits per heavy atom. The second-order valence-corrected chi connectivity index (χ2v) is 19.0. The predicted molar refractivity (Wildman–Crippen MR) is 310 cm³/mol. The second-order valence-electron chi connectivity index (χ2n) is 19.0. The van der Waals surface area contributed by atoms with Gasteiger partial charge in [-0.05, 0) is 114 Å². The number of carboxylic acid groups (broad SMARTS) is 2. The molecule has 12 aromatic carbocycles. The summed E-state index contributed by atoms with van der Waals surface area (Å²) in [5.74, 6) is -0.873. The zero-order chi connectivity index (χ0) is 51.5.